The lowest BCUT2D eigenvalue weighted by Gasteiger charge is -2.24. The van der Waals surface area contributed by atoms with Gasteiger partial charge in [-0.3, -0.25) is 0 Å². The minimum Gasteiger partial charge on any atom is -0.444 e. The summed E-state index contributed by atoms with van der Waals surface area (Å²) in [6.07, 6.45) is 0.697. The summed E-state index contributed by atoms with van der Waals surface area (Å²) in [7, 11) is 0. The molecule has 0 fully saturated rings. The molecular formula is C12H18N2O2. The first kappa shape index (κ1) is 12.4. The largest absolute Gasteiger partial charge is 0.444 e. The molecular weight excluding hydrogens is 204 g/mol. The van der Waals surface area contributed by atoms with Crippen molar-refractivity contribution in [3.63, 3.8) is 0 Å². The lowest BCUT2D eigenvalue weighted by Crippen LogP contribution is -2.31. The Labute approximate surface area is 95.6 Å². The Bertz CT molecular complexity index is 375. The molecule has 1 rings (SSSR count). The van der Waals surface area contributed by atoms with Crippen molar-refractivity contribution >= 4 is 11.8 Å². The molecule has 1 aromatic carbocycles. The van der Waals surface area contributed by atoms with Crippen LogP contribution in [0.3, 0.4) is 0 Å². The van der Waals surface area contributed by atoms with E-state index in [4.69, 9.17) is 16.2 Å². The number of rotatable bonds is 4. The quantitative estimate of drug-likeness (QED) is 0.765. The average Bonchev–Trinajstić information content (AvgIpc) is 2.14. The van der Waals surface area contributed by atoms with Crippen LogP contribution in [0.1, 0.15) is 25.8 Å². The molecule has 0 aromatic heterocycles. The van der Waals surface area contributed by atoms with E-state index in [0.29, 0.717) is 6.42 Å². The Morgan fingerprint density at radius 3 is 2.56 bits per heavy atom. The molecule has 0 heterocycles. The molecule has 0 spiro atoms. The second kappa shape index (κ2) is 4.88. The van der Waals surface area contributed by atoms with Crippen molar-refractivity contribution in [3.8, 4) is 0 Å². The van der Waals surface area contributed by atoms with Crippen molar-refractivity contribution in [1.29, 1.82) is 0 Å². The van der Waals surface area contributed by atoms with Crippen molar-refractivity contribution in [3.05, 3.63) is 29.8 Å². The number of nitrogen functional groups attached to an aromatic ring is 1. The van der Waals surface area contributed by atoms with Crippen molar-refractivity contribution < 1.29 is 9.53 Å². The van der Waals surface area contributed by atoms with Gasteiger partial charge in [0.15, 0.2) is 0 Å². The summed E-state index contributed by atoms with van der Waals surface area (Å²) < 4.78 is 5.00. The van der Waals surface area contributed by atoms with E-state index in [2.05, 4.69) is 0 Å². The molecule has 1 aromatic rings. The van der Waals surface area contributed by atoms with Gasteiger partial charge in [0, 0.05) is 5.69 Å². The summed E-state index contributed by atoms with van der Waals surface area (Å²) in [6, 6.07) is 7.66. The topological polar surface area (TPSA) is 78.3 Å². The maximum Gasteiger partial charge on any atom is 0.405 e. The first-order valence-corrected chi connectivity index (χ1v) is 5.22. The Morgan fingerprint density at radius 1 is 1.38 bits per heavy atom. The third-order valence-electron chi connectivity index (χ3n) is 2.43. The van der Waals surface area contributed by atoms with Gasteiger partial charge >= 0.3 is 6.09 Å². The standard InChI is InChI=1S/C12H18N2O2/c1-12(2,16-11(14)15)8-7-9-5-3-4-6-10(9)13/h3-6H,7-8,13H2,1-2H3,(H2,14,15). The maximum atomic E-state index is 10.7. The summed E-state index contributed by atoms with van der Waals surface area (Å²) in [5.74, 6) is 0. The van der Waals surface area contributed by atoms with E-state index in [9.17, 15) is 4.79 Å². The van der Waals surface area contributed by atoms with E-state index in [1.54, 1.807) is 0 Å². The summed E-state index contributed by atoms with van der Waals surface area (Å²) in [4.78, 5) is 10.7. The fourth-order valence-electron chi connectivity index (χ4n) is 1.52. The number of primary amides is 1. The highest BCUT2D eigenvalue weighted by Gasteiger charge is 2.21. The molecule has 0 bridgehead atoms. The highest BCUT2D eigenvalue weighted by molar-refractivity contribution is 5.65. The van der Waals surface area contributed by atoms with E-state index in [1.165, 1.54) is 0 Å². The Hall–Kier alpha value is -1.71. The monoisotopic (exact) mass is 222 g/mol. The highest BCUT2D eigenvalue weighted by atomic mass is 16.6. The molecule has 0 atom stereocenters. The zero-order valence-corrected chi connectivity index (χ0v) is 9.69. The van der Waals surface area contributed by atoms with Gasteiger partial charge in [-0.25, -0.2) is 4.79 Å². The van der Waals surface area contributed by atoms with Crippen LogP contribution in [0.4, 0.5) is 10.5 Å². The van der Waals surface area contributed by atoms with Crippen molar-refractivity contribution in [2.24, 2.45) is 5.73 Å². The third-order valence-corrected chi connectivity index (χ3v) is 2.43. The molecule has 0 aliphatic heterocycles. The molecule has 0 unspecified atom stereocenters. The van der Waals surface area contributed by atoms with Gasteiger partial charge in [0.25, 0.3) is 0 Å². The van der Waals surface area contributed by atoms with E-state index in [-0.39, 0.29) is 0 Å². The van der Waals surface area contributed by atoms with Gasteiger partial charge in [-0.1, -0.05) is 18.2 Å². The molecule has 0 aliphatic rings. The van der Waals surface area contributed by atoms with Crippen LogP contribution < -0.4 is 11.5 Å². The molecule has 4 nitrogen and oxygen atoms in total. The fourth-order valence-corrected chi connectivity index (χ4v) is 1.52. The molecule has 0 saturated carbocycles. The minimum atomic E-state index is -0.744. The van der Waals surface area contributed by atoms with Gasteiger partial charge < -0.3 is 16.2 Å². The summed E-state index contributed by atoms with van der Waals surface area (Å²) in [5, 5.41) is 0. The number of amides is 1. The Kier molecular flexibility index (Phi) is 3.77. The molecule has 4 heteroatoms. The van der Waals surface area contributed by atoms with Gasteiger partial charge in [0.05, 0.1) is 0 Å². The number of anilines is 1. The third kappa shape index (κ3) is 3.81. The van der Waals surface area contributed by atoms with Crippen molar-refractivity contribution in [1.82, 2.24) is 0 Å². The second-order valence-electron chi connectivity index (χ2n) is 4.38. The molecule has 1 amide bonds. The van der Waals surface area contributed by atoms with Crippen LogP contribution in [0.25, 0.3) is 0 Å². The van der Waals surface area contributed by atoms with Crippen molar-refractivity contribution in [2.45, 2.75) is 32.3 Å². The van der Waals surface area contributed by atoms with Gasteiger partial charge in [-0.2, -0.15) is 0 Å². The molecule has 16 heavy (non-hydrogen) atoms. The Morgan fingerprint density at radius 2 is 2.00 bits per heavy atom. The van der Waals surface area contributed by atoms with Crippen LogP contribution >= 0.6 is 0 Å². The van der Waals surface area contributed by atoms with Gasteiger partial charge in [-0.15, -0.1) is 0 Å². The number of hydrogen-bond acceptors (Lipinski definition) is 3. The van der Waals surface area contributed by atoms with Crippen LogP contribution in [0.5, 0.6) is 0 Å². The fraction of sp³-hybridized carbons (Fsp3) is 0.417. The number of carbonyl (C=O) groups excluding carboxylic acids is 1. The Balaban J connectivity index is 2.57. The van der Waals surface area contributed by atoms with Crippen LogP contribution in [0.15, 0.2) is 24.3 Å². The van der Waals surface area contributed by atoms with Gasteiger partial charge in [-0.05, 0) is 38.3 Å². The molecule has 0 aliphatic carbocycles. The number of hydrogen-bond donors (Lipinski definition) is 2. The first-order chi connectivity index (χ1) is 7.41. The molecule has 0 saturated heterocycles. The maximum absolute atomic E-state index is 10.7. The van der Waals surface area contributed by atoms with Crippen LogP contribution in [0.2, 0.25) is 0 Å². The molecule has 4 N–H and O–H groups in total. The number of ether oxygens (including phenoxy) is 1. The number of nitrogens with two attached hydrogens (primary N) is 2. The van der Waals surface area contributed by atoms with Crippen LogP contribution in [0, 0.1) is 0 Å². The van der Waals surface area contributed by atoms with Crippen LogP contribution in [-0.4, -0.2) is 11.7 Å². The van der Waals surface area contributed by atoms with Crippen molar-refractivity contribution in [2.75, 3.05) is 5.73 Å². The normalized spacial score (nSPS) is 11.1. The summed E-state index contributed by atoms with van der Waals surface area (Å²) in [5.41, 5.74) is 12.1. The number of benzene rings is 1. The van der Waals surface area contributed by atoms with E-state index in [1.807, 2.05) is 38.1 Å². The smallest absolute Gasteiger partial charge is 0.405 e. The first-order valence-electron chi connectivity index (χ1n) is 5.22. The van der Waals surface area contributed by atoms with E-state index < -0.39 is 11.7 Å². The predicted molar refractivity (Wildman–Crippen MR) is 63.9 cm³/mol. The summed E-state index contributed by atoms with van der Waals surface area (Å²) in [6.45, 7) is 3.66. The zero-order valence-electron chi connectivity index (χ0n) is 9.69. The minimum absolute atomic E-state index is 0.561. The second-order valence-corrected chi connectivity index (χ2v) is 4.38. The van der Waals surface area contributed by atoms with Gasteiger partial charge in [0.1, 0.15) is 5.60 Å². The highest BCUT2D eigenvalue weighted by Crippen LogP contribution is 2.20. The molecule has 88 valence electrons. The van der Waals surface area contributed by atoms with E-state index >= 15 is 0 Å². The SMILES string of the molecule is CC(C)(CCc1ccccc1N)OC(N)=O. The van der Waals surface area contributed by atoms with E-state index in [0.717, 1.165) is 17.7 Å². The lowest BCUT2D eigenvalue weighted by atomic mass is 9.98. The number of aryl methyl sites for hydroxylation is 1. The lowest BCUT2D eigenvalue weighted by molar-refractivity contribution is 0.0394. The van der Waals surface area contributed by atoms with Crippen LogP contribution in [-0.2, 0) is 11.2 Å². The number of para-hydroxylation sites is 1. The molecule has 0 radical (unpaired) electrons. The zero-order chi connectivity index (χ0) is 12.2. The van der Waals surface area contributed by atoms with Gasteiger partial charge in [0.2, 0.25) is 0 Å². The summed E-state index contributed by atoms with van der Waals surface area (Å²) >= 11 is 0. The predicted octanol–water partition coefficient (Wildman–Crippen LogP) is 2.08. The number of carbonyl (C=O) groups is 1. The average molecular weight is 222 g/mol.